The SMILES string of the molecule is Cl.[2H]C([2H])([2H])NC(C)C(=O)c1ccc(C)c(C)c1. The molecule has 0 fully saturated rings. The van der Waals surface area contributed by atoms with E-state index in [9.17, 15) is 4.79 Å². The smallest absolute Gasteiger partial charge is 0.179 e. The molecule has 0 aliphatic carbocycles. The lowest BCUT2D eigenvalue weighted by Crippen LogP contribution is -2.30. The number of rotatable bonds is 3. The van der Waals surface area contributed by atoms with Crippen LogP contribution in [-0.2, 0) is 0 Å². The number of aryl methyl sites for hydroxylation is 2. The number of ketones is 1. The van der Waals surface area contributed by atoms with Crippen molar-refractivity contribution in [3.63, 3.8) is 0 Å². The zero-order valence-corrected chi connectivity index (χ0v) is 9.94. The van der Waals surface area contributed by atoms with Gasteiger partial charge in [0.2, 0.25) is 0 Å². The van der Waals surface area contributed by atoms with Crippen LogP contribution in [0.5, 0.6) is 0 Å². The molecular weight excluding hydrogens is 210 g/mol. The number of likely N-dealkylation sites (N-methyl/N-ethyl adjacent to an activating group) is 1. The Kier molecular flexibility index (Phi) is 3.68. The van der Waals surface area contributed by atoms with Crippen LogP contribution in [0.2, 0.25) is 0 Å². The number of hydrogen-bond acceptors (Lipinski definition) is 2. The van der Waals surface area contributed by atoms with Crippen molar-refractivity contribution in [1.82, 2.24) is 5.32 Å². The van der Waals surface area contributed by atoms with Crippen LogP contribution in [0.4, 0.5) is 0 Å². The highest BCUT2D eigenvalue weighted by molar-refractivity contribution is 6.00. The quantitative estimate of drug-likeness (QED) is 0.809. The van der Waals surface area contributed by atoms with Gasteiger partial charge in [-0.05, 0) is 44.9 Å². The molecule has 0 aromatic heterocycles. The molecule has 0 aliphatic heterocycles. The van der Waals surface area contributed by atoms with Crippen molar-refractivity contribution in [3.05, 3.63) is 34.9 Å². The van der Waals surface area contributed by atoms with E-state index in [-0.39, 0.29) is 18.2 Å². The molecule has 1 aromatic rings. The third-order valence-corrected chi connectivity index (χ3v) is 2.40. The first-order chi connectivity index (χ1) is 7.70. The first-order valence-corrected chi connectivity index (χ1v) is 4.60. The molecule has 1 atom stereocenters. The summed E-state index contributed by atoms with van der Waals surface area (Å²) in [4.78, 5) is 12.0. The van der Waals surface area contributed by atoms with Gasteiger partial charge in [-0.2, -0.15) is 0 Å². The molecule has 0 aliphatic rings. The molecule has 0 spiro atoms. The largest absolute Gasteiger partial charge is 0.310 e. The van der Waals surface area contributed by atoms with Gasteiger partial charge in [-0.1, -0.05) is 12.1 Å². The minimum Gasteiger partial charge on any atom is -0.310 e. The number of carbonyl (C=O) groups excluding carboxylic acids is 1. The topological polar surface area (TPSA) is 29.1 Å². The van der Waals surface area contributed by atoms with Gasteiger partial charge in [0.25, 0.3) is 0 Å². The highest BCUT2D eigenvalue weighted by Crippen LogP contribution is 2.11. The summed E-state index contributed by atoms with van der Waals surface area (Å²) < 4.78 is 21.2. The van der Waals surface area contributed by atoms with Crippen molar-refractivity contribution in [2.24, 2.45) is 0 Å². The van der Waals surface area contributed by atoms with Gasteiger partial charge >= 0.3 is 0 Å². The van der Waals surface area contributed by atoms with Crippen LogP contribution in [-0.4, -0.2) is 18.8 Å². The summed E-state index contributed by atoms with van der Waals surface area (Å²) >= 11 is 0. The van der Waals surface area contributed by atoms with Crippen LogP contribution >= 0.6 is 12.4 Å². The second-order valence-electron chi connectivity index (χ2n) is 3.53. The molecule has 1 N–H and O–H groups in total. The van der Waals surface area contributed by atoms with Crippen molar-refractivity contribution in [2.75, 3.05) is 6.98 Å². The Hall–Kier alpha value is -0.860. The molecule has 0 heterocycles. The summed E-state index contributed by atoms with van der Waals surface area (Å²) in [6.07, 6.45) is 0. The zero-order chi connectivity index (χ0) is 13.2. The lowest BCUT2D eigenvalue weighted by molar-refractivity contribution is 0.0955. The molecular formula is C12H18ClNO. The van der Waals surface area contributed by atoms with Gasteiger partial charge in [0.05, 0.1) is 6.04 Å². The van der Waals surface area contributed by atoms with Crippen LogP contribution in [0.3, 0.4) is 0 Å². The predicted octanol–water partition coefficient (Wildman–Crippen LogP) is 2.52. The van der Waals surface area contributed by atoms with Gasteiger partial charge in [0, 0.05) is 9.68 Å². The Bertz CT molecular complexity index is 432. The normalized spacial score (nSPS) is 15.5. The molecule has 1 aromatic carbocycles. The molecule has 0 radical (unpaired) electrons. The van der Waals surface area contributed by atoms with Gasteiger partial charge in [-0.15, -0.1) is 12.4 Å². The number of hydrogen-bond donors (Lipinski definition) is 1. The second-order valence-corrected chi connectivity index (χ2v) is 3.53. The van der Waals surface area contributed by atoms with E-state index in [0.29, 0.717) is 5.56 Å². The fraction of sp³-hybridized carbons (Fsp3) is 0.417. The van der Waals surface area contributed by atoms with E-state index in [1.165, 1.54) is 0 Å². The van der Waals surface area contributed by atoms with E-state index in [2.05, 4.69) is 5.32 Å². The summed E-state index contributed by atoms with van der Waals surface area (Å²) in [5, 5.41) is 2.30. The zero-order valence-electron chi connectivity index (χ0n) is 12.1. The van der Waals surface area contributed by atoms with E-state index in [4.69, 9.17) is 4.11 Å². The average molecular weight is 231 g/mol. The maximum atomic E-state index is 12.0. The second kappa shape index (κ2) is 5.89. The maximum Gasteiger partial charge on any atom is 0.179 e. The first-order valence-electron chi connectivity index (χ1n) is 6.10. The minimum atomic E-state index is -2.30. The molecule has 1 unspecified atom stereocenters. The molecule has 15 heavy (non-hydrogen) atoms. The lowest BCUT2D eigenvalue weighted by Gasteiger charge is -2.10. The van der Waals surface area contributed by atoms with Gasteiger partial charge < -0.3 is 5.32 Å². The molecule has 84 valence electrons. The van der Waals surface area contributed by atoms with Crippen LogP contribution < -0.4 is 5.32 Å². The number of nitrogens with one attached hydrogen (secondary N) is 1. The lowest BCUT2D eigenvalue weighted by atomic mass is 10.0. The Labute approximate surface area is 102 Å². The highest BCUT2D eigenvalue weighted by atomic mass is 35.5. The maximum absolute atomic E-state index is 12.0. The van der Waals surface area contributed by atoms with Crippen molar-refractivity contribution in [1.29, 1.82) is 0 Å². The predicted molar refractivity (Wildman–Crippen MR) is 66.0 cm³/mol. The molecule has 1 rings (SSSR count). The Morgan fingerprint density at radius 3 is 2.60 bits per heavy atom. The number of benzene rings is 1. The molecule has 0 saturated heterocycles. The third-order valence-electron chi connectivity index (χ3n) is 2.40. The first kappa shape index (κ1) is 9.37. The van der Waals surface area contributed by atoms with Crippen molar-refractivity contribution >= 4 is 18.2 Å². The number of halogens is 1. The Morgan fingerprint density at radius 1 is 1.40 bits per heavy atom. The minimum absolute atomic E-state index is 0. The molecule has 0 saturated carbocycles. The highest BCUT2D eigenvalue weighted by Gasteiger charge is 2.12. The van der Waals surface area contributed by atoms with Crippen molar-refractivity contribution in [3.8, 4) is 0 Å². The molecule has 2 nitrogen and oxygen atoms in total. The van der Waals surface area contributed by atoms with E-state index in [0.717, 1.165) is 11.1 Å². The summed E-state index contributed by atoms with van der Waals surface area (Å²) in [6, 6.07) is 4.66. The fourth-order valence-electron chi connectivity index (χ4n) is 1.21. The van der Waals surface area contributed by atoms with Crippen molar-refractivity contribution in [2.45, 2.75) is 26.8 Å². The fourth-order valence-corrected chi connectivity index (χ4v) is 1.21. The third kappa shape index (κ3) is 3.33. The van der Waals surface area contributed by atoms with Crippen molar-refractivity contribution < 1.29 is 8.91 Å². The van der Waals surface area contributed by atoms with Crippen LogP contribution in [0.15, 0.2) is 18.2 Å². The average Bonchev–Trinajstić information content (AvgIpc) is 2.18. The van der Waals surface area contributed by atoms with Crippen LogP contribution in [0.25, 0.3) is 0 Å². The monoisotopic (exact) mass is 230 g/mol. The van der Waals surface area contributed by atoms with Crippen LogP contribution in [0, 0.1) is 13.8 Å². The summed E-state index contributed by atoms with van der Waals surface area (Å²) in [5.74, 6) is -0.204. The molecule has 0 bridgehead atoms. The van der Waals surface area contributed by atoms with Gasteiger partial charge in [0.1, 0.15) is 0 Å². The van der Waals surface area contributed by atoms with Gasteiger partial charge in [0.15, 0.2) is 5.78 Å². The number of carbonyl (C=O) groups is 1. The number of Topliss-reactive ketones (excluding diaryl/α,β-unsaturated/α-hetero) is 1. The summed E-state index contributed by atoms with van der Waals surface area (Å²) in [5.41, 5.74) is 2.67. The standard InChI is InChI=1S/C12H17NO.ClH/c1-8-5-6-11(7-9(8)2)12(14)10(3)13-4;/h5-7,10,13H,1-4H3;1H/i4D3;. The van der Waals surface area contributed by atoms with E-state index < -0.39 is 13.0 Å². The van der Waals surface area contributed by atoms with E-state index >= 15 is 0 Å². The van der Waals surface area contributed by atoms with Crippen LogP contribution in [0.1, 0.15) is 32.5 Å². The summed E-state index contributed by atoms with van der Waals surface area (Å²) in [6.45, 7) is 3.15. The molecule has 0 amide bonds. The van der Waals surface area contributed by atoms with Gasteiger partial charge in [-0.25, -0.2) is 0 Å². The van der Waals surface area contributed by atoms with E-state index in [1.807, 2.05) is 19.9 Å². The summed E-state index contributed by atoms with van der Waals surface area (Å²) in [7, 11) is 0. The molecule has 3 heteroatoms. The Balaban J connectivity index is 0.00000289. The van der Waals surface area contributed by atoms with Gasteiger partial charge in [-0.3, -0.25) is 4.79 Å². The van der Waals surface area contributed by atoms with E-state index in [1.54, 1.807) is 19.1 Å². The Morgan fingerprint density at radius 2 is 2.07 bits per heavy atom.